The third-order valence-corrected chi connectivity index (χ3v) is 11.4. The van der Waals surface area contributed by atoms with Crippen molar-refractivity contribution in [2.45, 2.75) is 91.3 Å². The Morgan fingerprint density at radius 1 is 0.424 bits per heavy atom. The first-order valence-electron chi connectivity index (χ1n) is 23.3. The number of anilines is 2. The number of aliphatic hydroxyl groups excluding tert-OH is 2. The van der Waals surface area contributed by atoms with Crippen molar-refractivity contribution >= 4 is 23.2 Å². The molecule has 4 N–H and O–H groups in total. The van der Waals surface area contributed by atoms with Gasteiger partial charge in [0, 0.05) is 59.3 Å². The predicted octanol–water partition coefficient (Wildman–Crippen LogP) is 10.9. The first-order chi connectivity index (χ1) is 32.2. The largest absolute Gasteiger partial charge is 0.493 e. The average Bonchev–Trinajstić information content (AvgIpc) is 3.33. The van der Waals surface area contributed by atoms with Gasteiger partial charge in [0.15, 0.2) is 12.2 Å². The number of ether oxygens (including phenoxy) is 4. The summed E-state index contributed by atoms with van der Waals surface area (Å²) in [5.41, 5.74) is 9.14. The molecule has 0 fully saturated rings. The number of carbonyl (C=O) groups excluding carboxylic acids is 2. The zero-order valence-corrected chi connectivity index (χ0v) is 38.5. The van der Waals surface area contributed by atoms with Gasteiger partial charge in [-0.25, -0.2) is 0 Å². The molecule has 0 radical (unpaired) electrons. The van der Waals surface area contributed by atoms with Crippen LogP contribution in [0.15, 0.2) is 121 Å². The van der Waals surface area contributed by atoms with Gasteiger partial charge in [0.05, 0.1) is 26.4 Å². The molecule has 2 unspecified atom stereocenters. The minimum atomic E-state index is -1.37. The molecule has 2 atom stereocenters. The fraction of sp³-hybridized carbons (Fsp3) is 0.321. The molecule has 10 heteroatoms. The number of carbonyl (C=O) groups is 2. The second-order valence-electron chi connectivity index (χ2n) is 16.8. The Morgan fingerprint density at radius 3 is 0.970 bits per heavy atom. The second-order valence-corrected chi connectivity index (χ2v) is 16.8. The van der Waals surface area contributed by atoms with Crippen molar-refractivity contribution in [3.05, 3.63) is 177 Å². The summed E-state index contributed by atoms with van der Waals surface area (Å²) in [4.78, 5) is 27.5. The van der Waals surface area contributed by atoms with Crippen molar-refractivity contribution < 1.29 is 38.7 Å². The van der Waals surface area contributed by atoms with Gasteiger partial charge in [-0.1, -0.05) is 125 Å². The number of para-hydroxylation sites is 2. The van der Waals surface area contributed by atoms with Crippen molar-refractivity contribution in [3.8, 4) is 23.0 Å². The highest BCUT2D eigenvalue weighted by molar-refractivity contribution is 5.96. The van der Waals surface area contributed by atoms with Crippen LogP contribution in [0.1, 0.15) is 121 Å². The van der Waals surface area contributed by atoms with E-state index in [1.807, 2.05) is 48.5 Å². The lowest BCUT2D eigenvalue weighted by atomic mass is 9.90. The molecule has 2 amide bonds. The summed E-state index contributed by atoms with van der Waals surface area (Å²) in [6.45, 7) is 10.2. The first kappa shape index (κ1) is 47.3. The maximum absolute atomic E-state index is 13.7. The normalized spacial score (nSPS) is 12.9. The summed E-state index contributed by atoms with van der Waals surface area (Å²) in [6, 6.07) is 37.9. The van der Waals surface area contributed by atoms with Crippen LogP contribution in [0, 0.1) is 0 Å². The number of hydrogen-bond donors (Lipinski definition) is 4. The van der Waals surface area contributed by atoms with Gasteiger partial charge in [0.2, 0.25) is 0 Å². The van der Waals surface area contributed by atoms with E-state index in [0.717, 1.165) is 93.2 Å². The van der Waals surface area contributed by atoms with Crippen molar-refractivity contribution in [2.75, 3.05) is 37.1 Å². The Hall–Kier alpha value is -6.62. The van der Waals surface area contributed by atoms with Crippen molar-refractivity contribution in [1.82, 2.24) is 0 Å². The lowest BCUT2D eigenvalue weighted by molar-refractivity contribution is -0.124. The van der Waals surface area contributed by atoms with Crippen LogP contribution in [-0.4, -0.2) is 48.5 Å². The van der Waals surface area contributed by atoms with Crippen molar-refractivity contribution in [1.29, 1.82) is 0 Å². The summed E-state index contributed by atoms with van der Waals surface area (Å²) in [6.07, 6.45) is 2.02. The summed E-state index contributed by atoms with van der Waals surface area (Å²) < 4.78 is 26.7. The van der Waals surface area contributed by atoms with Crippen LogP contribution in [0.4, 0.5) is 11.4 Å². The van der Waals surface area contributed by atoms with Crippen LogP contribution in [0.25, 0.3) is 0 Å². The van der Waals surface area contributed by atoms with Crippen LogP contribution in [-0.2, 0) is 35.3 Å². The van der Waals surface area contributed by atoms with Gasteiger partial charge in [-0.2, -0.15) is 0 Å². The number of rotatable bonds is 18. The quantitative estimate of drug-likeness (QED) is 0.0669. The number of nitrogens with one attached hydrogen (secondary N) is 2. The molecule has 66 heavy (non-hydrogen) atoms. The van der Waals surface area contributed by atoms with E-state index in [-0.39, 0.29) is 0 Å². The Labute approximate surface area is 388 Å². The topological polar surface area (TPSA) is 136 Å². The third-order valence-electron chi connectivity index (χ3n) is 11.4. The summed E-state index contributed by atoms with van der Waals surface area (Å²) in [5.74, 6) is 1.84. The SMILES string of the molecule is CCCOc1c2cccc1Cc1cc(NC(=O)C(O)c3ccccc3)cc(c1OCCC)Cc1cccc(c1OCCC)Cc1cc(NC(=O)C(O)c3ccccc3)cc(c1OCCC)C2. The van der Waals surface area contributed by atoms with E-state index < -0.39 is 24.0 Å². The van der Waals surface area contributed by atoms with E-state index in [1.165, 1.54) is 0 Å². The Kier molecular flexibility index (Phi) is 16.5. The summed E-state index contributed by atoms with van der Waals surface area (Å²) in [7, 11) is 0. The molecular weight excluding hydrogens is 829 g/mol. The minimum absolute atomic E-state index is 0.404. The summed E-state index contributed by atoms with van der Waals surface area (Å²) in [5, 5.41) is 28.4. The fourth-order valence-electron chi connectivity index (χ4n) is 8.38. The molecular formula is C56H62N2O8. The van der Waals surface area contributed by atoms with E-state index >= 15 is 0 Å². The predicted molar refractivity (Wildman–Crippen MR) is 260 cm³/mol. The number of fused-ring (bicyclic) bond motifs is 8. The minimum Gasteiger partial charge on any atom is -0.493 e. The smallest absolute Gasteiger partial charge is 0.257 e. The second kappa shape index (κ2) is 23.0. The first-order valence-corrected chi connectivity index (χ1v) is 23.3. The highest BCUT2D eigenvalue weighted by Crippen LogP contribution is 2.41. The standard InChI is InChI=1S/C56H62N2O8/c1-5-25-63-51-39-21-15-22-40(51)30-44-34-48(58-56(62)50(60)38-19-13-10-14-20-38)36-46(54(44)66-28-8-4)32-42-24-16-23-41(52(42)64-26-6-2)31-45-35-47(33-43(29-39)53(45)65-27-7-3)57-55(61)49(59)37-17-11-9-12-18-37/h9-24,33-36,49-50,59-60H,5-8,25-32H2,1-4H3,(H,57,61)(H,58,62). The zero-order valence-electron chi connectivity index (χ0n) is 38.5. The Bertz CT molecular complexity index is 2310. The monoisotopic (exact) mass is 890 g/mol. The molecule has 0 aromatic heterocycles. The van der Waals surface area contributed by atoms with Crippen LogP contribution < -0.4 is 29.6 Å². The Balaban J connectivity index is 1.43. The molecule has 10 nitrogen and oxygen atoms in total. The molecule has 6 aromatic carbocycles. The van der Waals surface area contributed by atoms with E-state index in [4.69, 9.17) is 18.9 Å². The van der Waals surface area contributed by atoms with E-state index in [0.29, 0.717) is 74.6 Å². The molecule has 7 rings (SSSR count). The van der Waals surface area contributed by atoms with Gasteiger partial charge < -0.3 is 39.8 Å². The lowest BCUT2D eigenvalue weighted by Gasteiger charge is -2.24. The zero-order chi connectivity index (χ0) is 46.4. The molecule has 0 spiro atoms. The number of amides is 2. The molecule has 1 aliphatic rings. The fourth-order valence-corrected chi connectivity index (χ4v) is 8.38. The van der Waals surface area contributed by atoms with E-state index in [2.05, 4.69) is 62.6 Å². The van der Waals surface area contributed by atoms with Gasteiger partial charge >= 0.3 is 0 Å². The molecule has 6 aromatic rings. The number of benzene rings is 6. The molecule has 344 valence electrons. The van der Waals surface area contributed by atoms with Crippen LogP contribution in [0.2, 0.25) is 0 Å². The molecule has 8 bridgehead atoms. The van der Waals surface area contributed by atoms with Gasteiger partial charge in [-0.05, 0) is 83.3 Å². The molecule has 0 saturated heterocycles. The maximum atomic E-state index is 13.7. The van der Waals surface area contributed by atoms with Gasteiger partial charge in [-0.15, -0.1) is 0 Å². The number of hydrogen-bond acceptors (Lipinski definition) is 8. The maximum Gasteiger partial charge on any atom is 0.257 e. The highest BCUT2D eigenvalue weighted by atomic mass is 16.5. The van der Waals surface area contributed by atoms with Crippen LogP contribution in [0.5, 0.6) is 23.0 Å². The van der Waals surface area contributed by atoms with Gasteiger partial charge in [0.25, 0.3) is 11.8 Å². The van der Waals surface area contributed by atoms with Gasteiger partial charge in [0.1, 0.15) is 23.0 Å². The molecule has 1 aliphatic carbocycles. The van der Waals surface area contributed by atoms with E-state index in [9.17, 15) is 19.8 Å². The highest BCUT2D eigenvalue weighted by Gasteiger charge is 2.26. The molecule has 0 saturated carbocycles. The van der Waals surface area contributed by atoms with E-state index in [1.54, 1.807) is 48.5 Å². The summed E-state index contributed by atoms with van der Waals surface area (Å²) >= 11 is 0. The van der Waals surface area contributed by atoms with Gasteiger partial charge in [-0.3, -0.25) is 9.59 Å². The van der Waals surface area contributed by atoms with Crippen LogP contribution in [0.3, 0.4) is 0 Å². The van der Waals surface area contributed by atoms with Crippen molar-refractivity contribution in [3.63, 3.8) is 0 Å². The Morgan fingerprint density at radius 2 is 0.697 bits per heavy atom. The van der Waals surface area contributed by atoms with Crippen molar-refractivity contribution in [2.24, 2.45) is 0 Å². The molecule has 0 aliphatic heterocycles. The lowest BCUT2D eigenvalue weighted by Crippen LogP contribution is -2.21. The number of aliphatic hydroxyl groups is 2. The van der Waals surface area contributed by atoms with Crippen LogP contribution >= 0.6 is 0 Å². The molecule has 0 heterocycles. The average molecular weight is 891 g/mol. The third kappa shape index (κ3) is 11.6.